The molecule has 35 heavy (non-hydrogen) atoms. The van der Waals surface area contributed by atoms with Crippen molar-refractivity contribution in [2.45, 2.75) is 25.3 Å². The van der Waals surface area contributed by atoms with Gasteiger partial charge in [0.05, 0.1) is 18.4 Å². The Bertz CT molecular complexity index is 1230. The molecule has 0 aromatic heterocycles. The molecule has 8 heteroatoms. The highest BCUT2D eigenvalue weighted by atomic mass is 16.5. The molecule has 0 bridgehead atoms. The summed E-state index contributed by atoms with van der Waals surface area (Å²) < 4.78 is 10.5. The molecule has 0 radical (unpaired) electrons. The summed E-state index contributed by atoms with van der Waals surface area (Å²) in [5.41, 5.74) is 4.57. The van der Waals surface area contributed by atoms with Crippen LogP contribution >= 0.6 is 0 Å². The van der Waals surface area contributed by atoms with Crippen LogP contribution in [0.2, 0.25) is 0 Å². The zero-order chi connectivity index (χ0) is 24.9. The number of carboxylic acid groups (broad SMARTS) is 1. The lowest BCUT2D eigenvalue weighted by Gasteiger charge is -2.17. The number of amides is 2. The average molecular weight is 475 g/mol. The van der Waals surface area contributed by atoms with Crippen LogP contribution in [0.3, 0.4) is 0 Å². The third-order valence-electron chi connectivity index (χ3n) is 5.93. The number of hydrogen-bond donors (Lipinski definition) is 3. The molecule has 4 rings (SSSR count). The summed E-state index contributed by atoms with van der Waals surface area (Å²) in [7, 11) is 1.43. The van der Waals surface area contributed by atoms with Crippen LogP contribution in [0.5, 0.6) is 5.75 Å². The van der Waals surface area contributed by atoms with Gasteiger partial charge >= 0.3 is 12.1 Å². The number of benzene rings is 3. The average Bonchev–Trinajstić information content (AvgIpc) is 3.16. The van der Waals surface area contributed by atoms with Gasteiger partial charge in [0.25, 0.3) is 0 Å². The molecule has 8 nitrogen and oxygen atoms in total. The molecule has 180 valence electrons. The van der Waals surface area contributed by atoms with Gasteiger partial charge in [0.2, 0.25) is 5.91 Å². The molecule has 2 amide bonds. The minimum atomic E-state index is -1.19. The molecule has 3 aromatic rings. The van der Waals surface area contributed by atoms with E-state index >= 15 is 0 Å². The van der Waals surface area contributed by atoms with Crippen LogP contribution < -0.4 is 15.4 Å². The molecule has 0 heterocycles. The number of carbonyl (C=O) groups is 3. The van der Waals surface area contributed by atoms with E-state index in [1.54, 1.807) is 13.0 Å². The number of fused-ring (bicyclic) bond motifs is 3. The second-order valence-electron chi connectivity index (χ2n) is 8.34. The summed E-state index contributed by atoms with van der Waals surface area (Å²) in [6.45, 7) is 1.85. The summed E-state index contributed by atoms with van der Waals surface area (Å²) >= 11 is 0. The molecule has 1 aliphatic rings. The van der Waals surface area contributed by atoms with E-state index in [1.807, 2.05) is 36.4 Å². The molecule has 0 saturated heterocycles. The lowest BCUT2D eigenvalue weighted by Crippen LogP contribution is -2.36. The summed E-state index contributed by atoms with van der Waals surface area (Å²) in [6.07, 6.45) is -0.683. The predicted octanol–water partition coefficient (Wildman–Crippen LogP) is 4.65. The van der Waals surface area contributed by atoms with Gasteiger partial charge in [-0.2, -0.15) is 0 Å². The Hall–Kier alpha value is -4.33. The van der Waals surface area contributed by atoms with E-state index in [4.69, 9.17) is 9.47 Å². The highest BCUT2D eigenvalue weighted by molar-refractivity contribution is 6.01. The Balaban J connectivity index is 1.32. The number of nitrogens with one attached hydrogen (secondary N) is 2. The van der Waals surface area contributed by atoms with E-state index in [0.717, 1.165) is 22.3 Å². The molecular weight excluding hydrogens is 448 g/mol. The maximum absolute atomic E-state index is 12.4. The Morgan fingerprint density at radius 2 is 1.60 bits per heavy atom. The largest absolute Gasteiger partial charge is 0.497 e. The second kappa shape index (κ2) is 10.3. The third-order valence-corrected chi connectivity index (χ3v) is 5.93. The van der Waals surface area contributed by atoms with Crippen molar-refractivity contribution in [3.05, 3.63) is 83.4 Å². The van der Waals surface area contributed by atoms with Crippen molar-refractivity contribution in [1.29, 1.82) is 0 Å². The van der Waals surface area contributed by atoms with E-state index in [9.17, 15) is 19.5 Å². The fourth-order valence-electron chi connectivity index (χ4n) is 4.31. The zero-order valence-electron chi connectivity index (χ0n) is 19.4. The van der Waals surface area contributed by atoms with Crippen LogP contribution in [0.25, 0.3) is 11.1 Å². The zero-order valence-corrected chi connectivity index (χ0v) is 19.4. The van der Waals surface area contributed by atoms with Crippen LogP contribution in [-0.2, 0) is 9.53 Å². The predicted molar refractivity (Wildman–Crippen MR) is 131 cm³/mol. The first kappa shape index (κ1) is 23.8. The second-order valence-corrected chi connectivity index (χ2v) is 8.34. The molecule has 3 N–H and O–H groups in total. The number of methoxy groups -OCH3 is 1. The number of carboxylic acids is 1. The van der Waals surface area contributed by atoms with Gasteiger partial charge in [-0.1, -0.05) is 48.5 Å². The van der Waals surface area contributed by atoms with E-state index in [-0.39, 0.29) is 30.2 Å². The number of alkyl carbamates (subject to hydrolysis) is 1. The lowest BCUT2D eigenvalue weighted by molar-refractivity contribution is -0.116. The number of carbonyl (C=O) groups excluding carboxylic acids is 2. The third kappa shape index (κ3) is 5.27. The van der Waals surface area contributed by atoms with Gasteiger partial charge < -0.3 is 25.2 Å². The lowest BCUT2D eigenvalue weighted by atomic mass is 9.98. The number of ether oxygens (including phenoxy) is 2. The van der Waals surface area contributed by atoms with Crippen molar-refractivity contribution in [3.63, 3.8) is 0 Å². The van der Waals surface area contributed by atoms with Crippen molar-refractivity contribution in [3.8, 4) is 16.9 Å². The van der Waals surface area contributed by atoms with Gasteiger partial charge in [-0.3, -0.25) is 4.79 Å². The summed E-state index contributed by atoms with van der Waals surface area (Å²) in [5, 5.41) is 14.6. The Morgan fingerprint density at radius 3 is 2.20 bits per heavy atom. The molecule has 0 aliphatic heterocycles. The van der Waals surface area contributed by atoms with Gasteiger partial charge in [-0.05, 0) is 47.4 Å². The minimum absolute atomic E-state index is 0.0590. The molecule has 1 atom stereocenters. The van der Waals surface area contributed by atoms with E-state index < -0.39 is 24.0 Å². The van der Waals surface area contributed by atoms with Crippen LogP contribution in [0.15, 0.2) is 66.7 Å². The first-order chi connectivity index (χ1) is 16.9. The van der Waals surface area contributed by atoms with Crippen molar-refractivity contribution in [2.24, 2.45) is 0 Å². The van der Waals surface area contributed by atoms with Gasteiger partial charge in [-0.15, -0.1) is 0 Å². The quantitative estimate of drug-likeness (QED) is 0.438. The SMILES string of the molecule is COc1ccc(NC(=O)C[C@H](C)NC(=O)OCC2c3ccccc3-c3ccccc32)c(C(=O)O)c1. The Labute approximate surface area is 202 Å². The maximum atomic E-state index is 12.4. The topological polar surface area (TPSA) is 114 Å². The first-order valence-electron chi connectivity index (χ1n) is 11.2. The van der Waals surface area contributed by atoms with Crippen molar-refractivity contribution < 1.29 is 29.0 Å². The summed E-state index contributed by atoms with van der Waals surface area (Å²) in [5.74, 6) is -1.32. The number of aromatic carboxylic acids is 1. The molecule has 0 unspecified atom stereocenters. The number of hydrogen-bond acceptors (Lipinski definition) is 5. The number of anilines is 1. The van der Waals surface area contributed by atoms with Crippen LogP contribution in [0, 0.1) is 0 Å². The van der Waals surface area contributed by atoms with Gasteiger partial charge in [0, 0.05) is 18.4 Å². The first-order valence-corrected chi connectivity index (χ1v) is 11.2. The number of rotatable bonds is 8. The normalized spacial score (nSPS) is 12.7. The van der Waals surface area contributed by atoms with Crippen molar-refractivity contribution >= 4 is 23.7 Å². The molecular formula is C27H26N2O6. The van der Waals surface area contributed by atoms with E-state index in [2.05, 4.69) is 22.8 Å². The smallest absolute Gasteiger partial charge is 0.407 e. The maximum Gasteiger partial charge on any atom is 0.407 e. The Morgan fingerprint density at radius 1 is 0.971 bits per heavy atom. The summed E-state index contributed by atoms with van der Waals surface area (Å²) in [6, 6.07) is 19.9. The van der Waals surface area contributed by atoms with Gasteiger partial charge in [0.15, 0.2) is 0 Å². The molecule has 1 aliphatic carbocycles. The Kier molecular flexibility index (Phi) is 7.01. The van der Waals surface area contributed by atoms with Crippen LogP contribution in [0.4, 0.5) is 10.5 Å². The minimum Gasteiger partial charge on any atom is -0.497 e. The fraction of sp³-hybridized carbons (Fsp3) is 0.222. The van der Waals surface area contributed by atoms with Gasteiger partial charge in [0.1, 0.15) is 12.4 Å². The standard InChI is InChI=1S/C27H26N2O6/c1-16(13-25(30)29-24-12-11-17(34-2)14-22(24)26(31)32)28-27(33)35-15-23-20-9-5-3-7-18(20)19-8-4-6-10-21(19)23/h3-12,14,16,23H,13,15H2,1-2H3,(H,28,33)(H,29,30)(H,31,32)/t16-/m0/s1. The molecule has 0 spiro atoms. The highest BCUT2D eigenvalue weighted by Crippen LogP contribution is 2.44. The van der Waals surface area contributed by atoms with Crippen molar-refractivity contribution in [1.82, 2.24) is 5.32 Å². The van der Waals surface area contributed by atoms with Crippen LogP contribution in [-0.4, -0.2) is 42.8 Å². The monoisotopic (exact) mass is 474 g/mol. The fourth-order valence-corrected chi connectivity index (χ4v) is 4.31. The summed E-state index contributed by atoms with van der Waals surface area (Å²) in [4.78, 5) is 36.4. The van der Waals surface area contributed by atoms with Crippen molar-refractivity contribution in [2.75, 3.05) is 19.0 Å². The molecule has 0 saturated carbocycles. The van der Waals surface area contributed by atoms with Gasteiger partial charge in [-0.25, -0.2) is 9.59 Å². The van der Waals surface area contributed by atoms with E-state index in [0.29, 0.717) is 5.75 Å². The highest BCUT2D eigenvalue weighted by Gasteiger charge is 2.29. The molecule has 3 aromatic carbocycles. The van der Waals surface area contributed by atoms with E-state index in [1.165, 1.54) is 19.2 Å². The van der Waals surface area contributed by atoms with Crippen LogP contribution in [0.1, 0.15) is 40.7 Å². The molecule has 0 fully saturated rings.